The maximum atomic E-state index is 13.5. The molecular weight excluding hydrogens is 265 g/mol. The lowest BCUT2D eigenvalue weighted by atomic mass is 10.1. The molecule has 1 heterocycles. The van der Waals surface area contributed by atoms with Gasteiger partial charge in [0.05, 0.1) is 0 Å². The van der Waals surface area contributed by atoms with Crippen molar-refractivity contribution in [2.45, 2.75) is 20.3 Å². The van der Waals surface area contributed by atoms with E-state index >= 15 is 0 Å². The first-order valence-electron chi connectivity index (χ1n) is 6.17. The highest BCUT2D eigenvalue weighted by atomic mass is 32.2. The second-order valence-electron chi connectivity index (χ2n) is 4.81. The van der Waals surface area contributed by atoms with Gasteiger partial charge < -0.3 is 4.90 Å². The molecule has 1 aliphatic heterocycles. The molecule has 1 fully saturated rings. The van der Waals surface area contributed by atoms with Gasteiger partial charge in [-0.15, -0.1) is 0 Å². The summed E-state index contributed by atoms with van der Waals surface area (Å²) in [5, 5.41) is 0.0623. The molecule has 0 saturated carbocycles. The Kier molecular flexibility index (Phi) is 4.24. The fraction of sp³-hybridized carbons (Fsp3) is 0.429. The lowest BCUT2D eigenvalue weighted by Crippen LogP contribution is -2.24. The molecule has 3 nitrogen and oxygen atoms in total. The zero-order valence-corrected chi connectivity index (χ0v) is 11.8. The van der Waals surface area contributed by atoms with Crippen molar-refractivity contribution in [1.82, 2.24) is 0 Å². The number of rotatable bonds is 3. The molecule has 2 rings (SSSR count). The number of carbonyl (C=O) groups is 2. The Balaban J connectivity index is 2.07. The van der Waals surface area contributed by atoms with Crippen LogP contribution in [0.25, 0.3) is 0 Å². The molecule has 1 amide bonds. The number of nitrogens with zero attached hydrogens (tertiary/aromatic N) is 1. The number of hydrogen-bond donors (Lipinski definition) is 0. The van der Waals surface area contributed by atoms with Crippen molar-refractivity contribution in [2.24, 2.45) is 5.92 Å². The van der Waals surface area contributed by atoms with Crippen molar-refractivity contribution in [3.8, 4) is 0 Å². The molecule has 0 aromatic heterocycles. The van der Waals surface area contributed by atoms with Gasteiger partial charge in [0, 0.05) is 31.3 Å². The Hall–Kier alpha value is -1.36. The van der Waals surface area contributed by atoms with Gasteiger partial charge in [-0.25, -0.2) is 4.39 Å². The smallest absolute Gasteiger partial charge is 0.227 e. The maximum absolute atomic E-state index is 13.5. The predicted octanol–water partition coefficient (Wildman–Crippen LogP) is 2.77. The predicted molar refractivity (Wildman–Crippen MR) is 74.7 cm³/mol. The van der Waals surface area contributed by atoms with E-state index in [9.17, 15) is 14.0 Å². The van der Waals surface area contributed by atoms with Crippen molar-refractivity contribution >= 4 is 28.5 Å². The first-order valence-corrected chi connectivity index (χ1v) is 7.16. The van der Waals surface area contributed by atoms with Crippen LogP contribution in [0.5, 0.6) is 0 Å². The molecule has 1 atom stereocenters. The zero-order valence-electron chi connectivity index (χ0n) is 11.0. The maximum Gasteiger partial charge on any atom is 0.227 e. The molecule has 0 radical (unpaired) electrons. The summed E-state index contributed by atoms with van der Waals surface area (Å²) in [7, 11) is 0. The van der Waals surface area contributed by atoms with Crippen molar-refractivity contribution in [3.63, 3.8) is 0 Å². The molecule has 1 aromatic rings. The first-order chi connectivity index (χ1) is 8.97. The van der Waals surface area contributed by atoms with Crippen LogP contribution in [0.15, 0.2) is 18.2 Å². The Morgan fingerprint density at radius 3 is 2.89 bits per heavy atom. The third kappa shape index (κ3) is 3.35. The van der Waals surface area contributed by atoms with Crippen LogP contribution >= 0.6 is 11.8 Å². The molecular formula is C14H16FNO2S. The summed E-state index contributed by atoms with van der Waals surface area (Å²) < 4.78 is 13.5. The molecule has 0 N–H and O–H groups in total. The fourth-order valence-corrected chi connectivity index (χ4v) is 2.82. The third-order valence-electron chi connectivity index (χ3n) is 3.19. The van der Waals surface area contributed by atoms with E-state index in [-0.39, 0.29) is 22.8 Å². The van der Waals surface area contributed by atoms with Crippen LogP contribution in [-0.2, 0) is 9.59 Å². The number of benzene rings is 1. The minimum absolute atomic E-state index is 0.00240. The highest BCUT2D eigenvalue weighted by molar-refractivity contribution is 8.13. The van der Waals surface area contributed by atoms with Crippen LogP contribution in [0.3, 0.4) is 0 Å². The van der Waals surface area contributed by atoms with Crippen LogP contribution < -0.4 is 4.90 Å². The van der Waals surface area contributed by atoms with E-state index in [1.54, 1.807) is 24.0 Å². The van der Waals surface area contributed by atoms with Crippen molar-refractivity contribution in [3.05, 3.63) is 29.6 Å². The molecule has 19 heavy (non-hydrogen) atoms. The van der Waals surface area contributed by atoms with Gasteiger partial charge in [0.15, 0.2) is 5.12 Å². The molecule has 102 valence electrons. The summed E-state index contributed by atoms with van der Waals surface area (Å²) in [6, 6.07) is 4.83. The fourth-order valence-electron chi connectivity index (χ4n) is 2.13. The summed E-state index contributed by atoms with van der Waals surface area (Å²) in [6.07, 6.45) is 0.426. The number of aryl methyl sites for hydroxylation is 1. The summed E-state index contributed by atoms with van der Waals surface area (Å²) >= 11 is 1.24. The van der Waals surface area contributed by atoms with Crippen LogP contribution in [0.2, 0.25) is 0 Å². The number of anilines is 1. The standard InChI is InChI=1S/C14H16FNO2S/c1-9-3-4-12(6-13(9)15)16-7-11(5-14(16)18)8-19-10(2)17/h3-4,6,11H,5,7-8H2,1-2H3. The molecule has 5 heteroatoms. The number of thioether (sulfide) groups is 1. The van der Waals surface area contributed by atoms with E-state index in [4.69, 9.17) is 0 Å². The molecule has 1 aliphatic rings. The van der Waals surface area contributed by atoms with E-state index in [2.05, 4.69) is 0 Å². The Bertz CT molecular complexity index is 518. The first kappa shape index (κ1) is 14.1. The second-order valence-corrected chi connectivity index (χ2v) is 6.01. The summed E-state index contributed by atoms with van der Waals surface area (Å²) in [6.45, 7) is 3.77. The van der Waals surface area contributed by atoms with Gasteiger partial charge in [0.2, 0.25) is 5.91 Å². The van der Waals surface area contributed by atoms with E-state index < -0.39 is 0 Å². The highest BCUT2D eigenvalue weighted by Gasteiger charge is 2.30. The van der Waals surface area contributed by atoms with Gasteiger partial charge in [0.25, 0.3) is 0 Å². The molecule has 1 unspecified atom stereocenters. The normalized spacial score (nSPS) is 19.0. The Morgan fingerprint density at radius 2 is 2.26 bits per heavy atom. The number of hydrogen-bond acceptors (Lipinski definition) is 3. The van der Waals surface area contributed by atoms with Crippen LogP contribution in [0.4, 0.5) is 10.1 Å². The average Bonchev–Trinajstić information content (AvgIpc) is 2.72. The number of halogens is 1. The van der Waals surface area contributed by atoms with Crippen LogP contribution in [0.1, 0.15) is 18.9 Å². The van der Waals surface area contributed by atoms with Gasteiger partial charge in [-0.1, -0.05) is 17.8 Å². The number of carbonyl (C=O) groups excluding carboxylic acids is 2. The summed E-state index contributed by atoms with van der Waals surface area (Å²) in [5.74, 6) is 0.501. The largest absolute Gasteiger partial charge is 0.312 e. The van der Waals surface area contributed by atoms with E-state index in [1.165, 1.54) is 24.8 Å². The highest BCUT2D eigenvalue weighted by Crippen LogP contribution is 2.28. The van der Waals surface area contributed by atoms with Crippen molar-refractivity contribution in [1.29, 1.82) is 0 Å². The van der Waals surface area contributed by atoms with Gasteiger partial charge >= 0.3 is 0 Å². The van der Waals surface area contributed by atoms with Gasteiger partial charge in [-0.05, 0) is 30.5 Å². The van der Waals surface area contributed by atoms with E-state index in [0.717, 1.165) is 0 Å². The van der Waals surface area contributed by atoms with Gasteiger partial charge in [0.1, 0.15) is 5.82 Å². The molecule has 0 aliphatic carbocycles. The quantitative estimate of drug-likeness (QED) is 0.855. The molecule has 0 spiro atoms. The minimum atomic E-state index is -0.299. The SMILES string of the molecule is CC(=O)SCC1CC(=O)N(c2ccc(C)c(F)c2)C1. The lowest BCUT2D eigenvalue weighted by molar-refractivity contribution is -0.117. The van der Waals surface area contributed by atoms with Crippen molar-refractivity contribution < 1.29 is 14.0 Å². The van der Waals surface area contributed by atoms with Crippen LogP contribution in [-0.4, -0.2) is 23.3 Å². The summed E-state index contributed by atoms with van der Waals surface area (Å²) in [4.78, 5) is 24.5. The molecule has 0 bridgehead atoms. The summed E-state index contributed by atoms with van der Waals surface area (Å²) in [5.41, 5.74) is 1.17. The second kappa shape index (κ2) is 5.74. The van der Waals surface area contributed by atoms with E-state index in [0.29, 0.717) is 30.0 Å². The van der Waals surface area contributed by atoms with Gasteiger partial charge in [-0.2, -0.15) is 0 Å². The molecule has 1 aromatic carbocycles. The van der Waals surface area contributed by atoms with Gasteiger partial charge in [-0.3, -0.25) is 9.59 Å². The van der Waals surface area contributed by atoms with Crippen molar-refractivity contribution in [2.75, 3.05) is 17.2 Å². The lowest BCUT2D eigenvalue weighted by Gasteiger charge is -2.17. The van der Waals surface area contributed by atoms with E-state index in [1.807, 2.05) is 0 Å². The minimum Gasteiger partial charge on any atom is -0.312 e. The van der Waals surface area contributed by atoms with Crippen LogP contribution in [0, 0.1) is 18.7 Å². The average molecular weight is 281 g/mol. The number of amides is 1. The monoisotopic (exact) mass is 281 g/mol. The molecule has 1 saturated heterocycles. The Morgan fingerprint density at radius 1 is 1.53 bits per heavy atom. The zero-order chi connectivity index (χ0) is 14.0. The topological polar surface area (TPSA) is 37.4 Å². The Labute approximate surface area is 116 Å². The third-order valence-corrected chi connectivity index (χ3v) is 4.24.